The van der Waals surface area contributed by atoms with Gasteiger partial charge in [0.25, 0.3) is 0 Å². The zero-order valence-corrected chi connectivity index (χ0v) is 13.4. The number of thioether (sulfide) groups is 1. The molecule has 6 heteroatoms. The van der Waals surface area contributed by atoms with Crippen LogP contribution in [-0.2, 0) is 4.79 Å². The molecule has 0 aromatic carbocycles. The van der Waals surface area contributed by atoms with E-state index in [4.69, 9.17) is 0 Å². The summed E-state index contributed by atoms with van der Waals surface area (Å²) in [7, 11) is 0. The van der Waals surface area contributed by atoms with Gasteiger partial charge in [-0.3, -0.25) is 4.79 Å². The van der Waals surface area contributed by atoms with Gasteiger partial charge in [-0.1, -0.05) is 12.8 Å². The number of urea groups is 1. The van der Waals surface area contributed by atoms with Crippen LogP contribution in [0.1, 0.15) is 39.5 Å². The standard InChI is InChI=1S/C14H26N2O3S/c1-14(2,20-3)9-16-13(19)15-8-10-6-4-5-7-11(10)12(17)18/h10-11H,4-9H2,1-3H3,(H,17,18)(H2,15,16,19). The molecule has 0 heterocycles. The second-order valence-electron chi connectivity index (χ2n) is 6.02. The van der Waals surface area contributed by atoms with E-state index in [0.717, 1.165) is 25.7 Å². The van der Waals surface area contributed by atoms with Gasteiger partial charge in [-0.05, 0) is 38.9 Å². The number of carboxylic acids is 1. The fourth-order valence-electron chi connectivity index (χ4n) is 2.43. The van der Waals surface area contributed by atoms with Crippen molar-refractivity contribution < 1.29 is 14.7 Å². The van der Waals surface area contributed by atoms with Crippen LogP contribution in [-0.4, -0.2) is 41.2 Å². The third kappa shape index (κ3) is 5.61. The molecule has 2 atom stereocenters. The van der Waals surface area contributed by atoms with E-state index in [1.54, 1.807) is 11.8 Å². The molecule has 0 saturated heterocycles. The van der Waals surface area contributed by atoms with Crippen LogP contribution < -0.4 is 10.6 Å². The molecule has 1 fully saturated rings. The molecule has 1 aliphatic rings. The molecule has 1 aliphatic carbocycles. The lowest BCUT2D eigenvalue weighted by Crippen LogP contribution is -2.45. The van der Waals surface area contributed by atoms with Crippen molar-refractivity contribution in [3.05, 3.63) is 0 Å². The minimum absolute atomic E-state index is 0.00573. The van der Waals surface area contributed by atoms with Crippen LogP contribution >= 0.6 is 11.8 Å². The van der Waals surface area contributed by atoms with Gasteiger partial charge in [0.05, 0.1) is 5.92 Å². The average Bonchev–Trinajstić information content (AvgIpc) is 2.43. The van der Waals surface area contributed by atoms with Crippen molar-refractivity contribution in [2.45, 2.75) is 44.3 Å². The Morgan fingerprint density at radius 2 is 1.90 bits per heavy atom. The highest BCUT2D eigenvalue weighted by molar-refractivity contribution is 7.99. The summed E-state index contributed by atoms with van der Waals surface area (Å²) in [5.41, 5.74) is 0. The summed E-state index contributed by atoms with van der Waals surface area (Å²) in [6, 6.07) is -0.207. The molecule has 0 bridgehead atoms. The number of carboxylic acid groups (broad SMARTS) is 1. The fraction of sp³-hybridized carbons (Fsp3) is 0.857. The Morgan fingerprint density at radius 1 is 1.25 bits per heavy atom. The Bertz CT molecular complexity index is 347. The van der Waals surface area contributed by atoms with Crippen LogP contribution in [0.4, 0.5) is 4.79 Å². The minimum atomic E-state index is -0.736. The van der Waals surface area contributed by atoms with Gasteiger partial charge in [-0.25, -0.2) is 4.79 Å². The van der Waals surface area contributed by atoms with Crippen molar-refractivity contribution in [3.8, 4) is 0 Å². The van der Waals surface area contributed by atoms with Crippen molar-refractivity contribution >= 4 is 23.8 Å². The molecule has 3 N–H and O–H groups in total. The number of carbonyl (C=O) groups excluding carboxylic acids is 1. The number of hydrogen-bond donors (Lipinski definition) is 3. The minimum Gasteiger partial charge on any atom is -0.481 e. The molecule has 116 valence electrons. The Balaban J connectivity index is 2.34. The van der Waals surface area contributed by atoms with Gasteiger partial charge in [0.1, 0.15) is 0 Å². The summed E-state index contributed by atoms with van der Waals surface area (Å²) >= 11 is 1.70. The normalized spacial score (nSPS) is 23.1. The van der Waals surface area contributed by atoms with Gasteiger partial charge in [-0.2, -0.15) is 11.8 Å². The van der Waals surface area contributed by atoms with E-state index in [9.17, 15) is 14.7 Å². The summed E-state index contributed by atoms with van der Waals surface area (Å²) in [4.78, 5) is 22.9. The van der Waals surface area contributed by atoms with Crippen LogP contribution in [0.15, 0.2) is 0 Å². The SMILES string of the molecule is CSC(C)(C)CNC(=O)NCC1CCCCC1C(=O)O. The summed E-state index contributed by atoms with van der Waals surface area (Å²) in [5, 5.41) is 14.8. The molecular weight excluding hydrogens is 276 g/mol. The number of carbonyl (C=O) groups is 2. The molecule has 20 heavy (non-hydrogen) atoms. The fourth-order valence-corrected chi connectivity index (χ4v) is 2.65. The summed E-state index contributed by atoms with van der Waals surface area (Å²) in [6.45, 7) is 5.18. The summed E-state index contributed by atoms with van der Waals surface area (Å²) < 4.78 is 0.00573. The van der Waals surface area contributed by atoms with E-state index in [0.29, 0.717) is 13.1 Å². The third-order valence-electron chi connectivity index (χ3n) is 3.98. The van der Waals surface area contributed by atoms with Gasteiger partial charge in [-0.15, -0.1) is 0 Å². The van der Waals surface area contributed by atoms with Crippen LogP contribution in [0, 0.1) is 11.8 Å². The average molecular weight is 302 g/mol. The van der Waals surface area contributed by atoms with Crippen LogP contribution in [0.3, 0.4) is 0 Å². The van der Waals surface area contributed by atoms with Gasteiger partial charge in [0.15, 0.2) is 0 Å². The zero-order valence-electron chi connectivity index (χ0n) is 12.6. The molecule has 0 radical (unpaired) electrons. The first kappa shape index (κ1) is 17.1. The largest absolute Gasteiger partial charge is 0.481 e. The second-order valence-corrected chi connectivity index (χ2v) is 7.53. The Labute approximate surface area is 125 Å². The second kappa shape index (κ2) is 7.76. The number of nitrogens with one attached hydrogen (secondary N) is 2. The molecular formula is C14H26N2O3S. The molecule has 2 amide bonds. The number of amides is 2. The van der Waals surface area contributed by atoms with Crippen LogP contribution in [0.2, 0.25) is 0 Å². The van der Waals surface area contributed by atoms with Gasteiger partial charge in [0.2, 0.25) is 0 Å². The molecule has 1 saturated carbocycles. The molecule has 2 unspecified atom stereocenters. The van der Waals surface area contributed by atoms with E-state index in [1.807, 2.05) is 6.26 Å². The number of aliphatic carboxylic acids is 1. The Morgan fingerprint density at radius 3 is 2.50 bits per heavy atom. The van der Waals surface area contributed by atoms with E-state index in [-0.39, 0.29) is 22.6 Å². The maximum Gasteiger partial charge on any atom is 0.314 e. The van der Waals surface area contributed by atoms with Gasteiger partial charge >= 0.3 is 12.0 Å². The highest BCUT2D eigenvalue weighted by Gasteiger charge is 2.30. The summed E-state index contributed by atoms with van der Waals surface area (Å²) in [6.07, 6.45) is 5.65. The lowest BCUT2D eigenvalue weighted by Gasteiger charge is -2.29. The molecule has 0 aromatic heterocycles. The monoisotopic (exact) mass is 302 g/mol. The number of hydrogen-bond acceptors (Lipinski definition) is 3. The van der Waals surface area contributed by atoms with Crippen molar-refractivity contribution in [1.82, 2.24) is 10.6 Å². The molecule has 1 rings (SSSR count). The predicted octanol–water partition coefficient (Wildman–Crippen LogP) is 2.32. The summed E-state index contributed by atoms with van der Waals surface area (Å²) in [5.74, 6) is -0.993. The smallest absolute Gasteiger partial charge is 0.314 e. The molecule has 0 aromatic rings. The van der Waals surface area contributed by atoms with Crippen molar-refractivity contribution in [2.75, 3.05) is 19.3 Å². The van der Waals surface area contributed by atoms with Gasteiger partial charge < -0.3 is 15.7 Å². The van der Waals surface area contributed by atoms with Crippen LogP contribution in [0.5, 0.6) is 0 Å². The highest BCUT2D eigenvalue weighted by Crippen LogP contribution is 2.29. The maximum absolute atomic E-state index is 11.7. The highest BCUT2D eigenvalue weighted by atomic mass is 32.2. The first-order chi connectivity index (χ1) is 9.35. The molecule has 0 aliphatic heterocycles. The first-order valence-corrected chi connectivity index (χ1v) is 8.38. The molecule has 0 spiro atoms. The van der Waals surface area contributed by atoms with Crippen molar-refractivity contribution in [1.29, 1.82) is 0 Å². The third-order valence-corrected chi connectivity index (χ3v) is 5.23. The van der Waals surface area contributed by atoms with Crippen LogP contribution in [0.25, 0.3) is 0 Å². The molecule has 5 nitrogen and oxygen atoms in total. The Hall–Kier alpha value is -0.910. The van der Waals surface area contributed by atoms with Crippen molar-refractivity contribution in [2.24, 2.45) is 11.8 Å². The lowest BCUT2D eigenvalue weighted by molar-refractivity contribution is -0.144. The van der Waals surface area contributed by atoms with Gasteiger partial charge in [0, 0.05) is 17.8 Å². The van der Waals surface area contributed by atoms with E-state index < -0.39 is 5.97 Å². The zero-order chi connectivity index (χ0) is 15.2. The quantitative estimate of drug-likeness (QED) is 0.703. The first-order valence-electron chi connectivity index (χ1n) is 7.15. The topological polar surface area (TPSA) is 78.4 Å². The predicted molar refractivity (Wildman–Crippen MR) is 82.1 cm³/mol. The lowest BCUT2D eigenvalue weighted by atomic mass is 9.79. The maximum atomic E-state index is 11.7. The van der Waals surface area contributed by atoms with E-state index in [1.165, 1.54) is 0 Å². The van der Waals surface area contributed by atoms with Crippen molar-refractivity contribution in [3.63, 3.8) is 0 Å². The number of rotatable bonds is 6. The Kier molecular flexibility index (Phi) is 6.65. The van der Waals surface area contributed by atoms with E-state index in [2.05, 4.69) is 24.5 Å². The van der Waals surface area contributed by atoms with E-state index >= 15 is 0 Å².